The number of carbonyl (C=O) groups is 5. The Morgan fingerprint density at radius 2 is 1.70 bits per heavy atom. The van der Waals surface area contributed by atoms with Gasteiger partial charge in [0.05, 0.1) is 20.1 Å². The quantitative estimate of drug-likeness (QED) is 0.0316. The molecule has 4 N–H and O–H groups in total. The molecule has 0 bridgehead atoms. The van der Waals surface area contributed by atoms with Crippen molar-refractivity contribution in [1.29, 1.82) is 5.41 Å². The number of hydrogen-bond donors (Lipinski definition) is 3. The predicted octanol–water partition coefficient (Wildman–Crippen LogP) is 6.88. The number of ether oxygens (including phenoxy) is 4. The number of nitrogens with one attached hydrogen (secondary N) is 2. The number of pyridine rings is 1. The Labute approximate surface area is 334 Å². The second-order valence-electron chi connectivity index (χ2n) is 14.5. The van der Waals surface area contributed by atoms with E-state index in [1.807, 2.05) is 0 Å². The van der Waals surface area contributed by atoms with Crippen molar-refractivity contribution in [3.05, 3.63) is 88.8 Å². The molecule has 1 fully saturated rings. The summed E-state index contributed by atoms with van der Waals surface area (Å²) < 4.78 is 21.7. The summed E-state index contributed by atoms with van der Waals surface area (Å²) in [6.07, 6.45) is 5.90. The lowest BCUT2D eigenvalue weighted by Gasteiger charge is -2.20. The van der Waals surface area contributed by atoms with E-state index in [1.165, 1.54) is 32.2 Å². The number of nitrogens with two attached hydrogens (primary N) is 1. The second kappa shape index (κ2) is 21.0. The van der Waals surface area contributed by atoms with Gasteiger partial charge >= 0.3 is 17.9 Å². The molecule has 0 spiro atoms. The molecule has 0 radical (unpaired) electrons. The molecule has 1 aromatic heterocycles. The summed E-state index contributed by atoms with van der Waals surface area (Å²) in [5, 5.41) is 11.3. The Bertz CT molecular complexity index is 1950. The fraction of sp³-hybridized carbons (Fsp3) is 0.432. The summed E-state index contributed by atoms with van der Waals surface area (Å²) in [4.78, 5) is 70.4. The monoisotopic (exact) mass is 782 g/mol. The lowest BCUT2D eigenvalue weighted by atomic mass is 9.90. The molecule has 2 aromatic carbocycles. The molecule has 13 nitrogen and oxygen atoms in total. The molecule has 2 atom stereocenters. The van der Waals surface area contributed by atoms with Crippen molar-refractivity contribution in [3.8, 4) is 16.9 Å². The zero-order chi connectivity index (χ0) is 41.6. The van der Waals surface area contributed by atoms with Crippen molar-refractivity contribution in [3.63, 3.8) is 0 Å². The molecule has 304 valence electrons. The van der Waals surface area contributed by atoms with Crippen LogP contribution in [0, 0.1) is 17.2 Å². The number of carbonyl (C=O) groups excluding carboxylic acids is 5. The minimum absolute atomic E-state index is 0.0497. The number of nitrogens with zero attached hydrogens (tertiary/aromatic N) is 1. The standard InChI is InChI=1S/C44H54N4O9/c1-7-9-10-11-20-55-39(50)24-35(45)31-16-14-28(15-17-31)21-37(49)34-22-30(8-2)38(54-6)23-33(34)32-18-19-36(42(51)47-25-29-12-13-29)48-41(32)44(53)57-27(5)56-43(52)40(46)26(3)4/h8,14-19,22-23,26-27,29,40,45H,2,7,9-13,20-21,24-25,46H2,1,3-6H3,(H,47,51)/t27?,40-/m0/s1. The summed E-state index contributed by atoms with van der Waals surface area (Å²) in [6.45, 7) is 11.6. The van der Waals surface area contributed by atoms with Crippen LogP contribution < -0.4 is 15.8 Å². The third kappa shape index (κ3) is 12.7. The van der Waals surface area contributed by atoms with Crippen LogP contribution in [0.2, 0.25) is 0 Å². The van der Waals surface area contributed by atoms with E-state index in [4.69, 9.17) is 30.1 Å². The van der Waals surface area contributed by atoms with Gasteiger partial charge in [-0.15, -0.1) is 0 Å². The summed E-state index contributed by atoms with van der Waals surface area (Å²) in [6, 6.07) is 12.0. The molecule has 13 heteroatoms. The van der Waals surface area contributed by atoms with Crippen molar-refractivity contribution in [2.45, 2.75) is 91.4 Å². The van der Waals surface area contributed by atoms with E-state index in [2.05, 4.69) is 23.8 Å². The maximum atomic E-state index is 14.2. The Hall–Kier alpha value is -5.69. The molecule has 1 aliphatic carbocycles. The Kier molecular flexibility index (Phi) is 16.2. The third-order valence-electron chi connectivity index (χ3n) is 9.54. The number of esters is 3. The molecular weight excluding hydrogens is 729 g/mol. The van der Waals surface area contributed by atoms with Crippen LogP contribution in [0.1, 0.15) is 121 Å². The average molecular weight is 783 g/mol. The van der Waals surface area contributed by atoms with Crippen molar-refractivity contribution >= 4 is 41.4 Å². The van der Waals surface area contributed by atoms with Gasteiger partial charge in [-0.1, -0.05) is 77.0 Å². The van der Waals surface area contributed by atoms with Crippen molar-refractivity contribution < 1.29 is 42.9 Å². The average Bonchev–Trinajstić information content (AvgIpc) is 4.03. The first-order chi connectivity index (χ1) is 27.3. The number of benzene rings is 2. The molecular formula is C44H54N4O9. The van der Waals surface area contributed by atoms with E-state index in [-0.39, 0.29) is 58.3 Å². The highest BCUT2D eigenvalue weighted by Crippen LogP contribution is 2.35. The normalized spacial score (nSPS) is 13.2. The van der Waals surface area contributed by atoms with Crippen LogP contribution in [-0.4, -0.2) is 72.9 Å². The molecule has 1 aliphatic rings. The molecule has 0 saturated heterocycles. The van der Waals surface area contributed by atoms with Crippen LogP contribution in [-0.2, 0) is 30.2 Å². The van der Waals surface area contributed by atoms with Gasteiger partial charge in [-0.3, -0.25) is 19.2 Å². The Morgan fingerprint density at radius 1 is 0.982 bits per heavy atom. The molecule has 1 heterocycles. The van der Waals surface area contributed by atoms with Gasteiger partial charge in [0.1, 0.15) is 17.5 Å². The Morgan fingerprint density at radius 3 is 2.33 bits per heavy atom. The van der Waals surface area contributed by atoms with E-state index >= 15 is 0 Å². The first kappa shape index (κ1) is 44.0. The number of Topliss-reactive ketones (excluding diaryl/α,β-unsaturated/α-hetero) is 1. The van der Waals surface area contributed by atoms with E-state index in [1.54, 1.807) is 50.2 Å². The van der Waals surface area contributed by atoms with Crippen molar-refractivity contribution in [2.75, 3.05) is 20.3 Å². The zero-order valence-electron chi connectivity index (χ0n) is 33.5. The van der Waals surface area contributed by atoms with Crippen molar-refractivity contribution in [1.82, 2.24) is 10.3 Å². The first-order valence-electron chi connectivity index (χ1n) is 19.4. The van der Waals surface area contributed by atoms with Gasteiger partial charge in [0.15, 0.2) is 11.5 Å². The summed E-state index contributed by atoms with van der Waals surface area (Å²) in [7, 11) is 1.46. The number of hydrogen-bond acceptors (Lipinski definition) is 12. The van der Waals surface area contributed by atoms with Gasteiger partial charge in [0.25, 0.3) is 5.91 Å². The number of methoxy groups -OCH3 is 1. The van der Waals surface area contributed by atoms with Crippen LogP contribution >= 0.6 is 0 Å². The number of unbranched alkanes of at least 4 members (excludes halogenated alkanes) is 3. The lowest BCUT2D eigenvalue weighted by Crippen LogP contribution is -2.39. The highest BCUT2D eigenvalue weighted by Gasteiger charge is 2.29. The van der Waals surface area contributed by atoms with E-state index in [9.17, 15) is 24.0 Å². The molecule has 1 unspecified atom stereocenters. The molecule has 3 aromatic rings. The van der Waals surface area contributed by atoms with E-state index < -0.39 is 36.1 Å². The molecule has 4 rings (SSSR count). The maximum absolute atomic E-state index is 14.2. The fourth-order valence-electron chi connectivity index (χ4n) is 5.86. The largest absolute Gasteiger partial charge is 0.496 e. The summed E-state index contributed by atoms with van der Waals surface area (Å²) in [5.74, 6) is -2.53. The first-order valence-corrected chi connectivity index (χ1v) is 19.4. The predicted molar refractivity (Wildman–Crippen MR) is 216 cm³/mol. The number of rotatable bonds is 22. The third-order valence-corrected chi connectivity index (χ3v) is 9.54. The lowest BCUT2D eigenvalue weighted by molar-refractivity contribution is -0.168. The van der Waals surface area contributed by atoms with Crippen LogP contribution in [0.4, 0.5) is 0 Å². The van der Waals surface area contributed by atoms with Gasteiger partial charge in [0, 0.05) is 42.3 Å². The molecule has 1 saturated carbocycles. The second-order valence-corrected chi connectivity index (χ2v) is 14.5. The van der Waals surface area contributed by atoms with Gasteiger partial charge in [0.2, 0.25) is 6.29 Å². The van der Waals surface area contributed by atoms with Gasteiger partial charge in [-0.25, -0.2) is 9.78 Å². The molecule has 57 heavy (non-hydrogen) atoms. The molecule has 0 aliphatic heterocycles. The SMILES string of the molecule is C=Cc1cc(C(=O)Cc2ccc(C(=N)CC(=O)OCCCCCC)cc2)c(-c2ccc(C(=O)NCC3CC3)nc2C(=O)OC(C)OC(=O)[C@@H](N)C(C)C)cc1OC. The number of amides is 1. The highest BCUT2D eigenvalue weighted by atomic mass is 16.7. The summed E-state index contributed by atoms with van der Waals surface area (Å²) >= 11 is 0. The smallest absolute Gasteiger partial charge is 0.360 e. The van der Waals surface area contributed by atoms with Crippen molar-refractivity contribution in [2.24, 2.45) is 17.6 Å². The van der Waals surface area contributed by atoms with Crippen LogP contribution in [0.25, 0.3) is 17.2 Å². The van der Waals surface area contributed by atoms with Gasteiger partial charge in [-0.05, 0) is 72.1 Å². The summed E-state index contributed by atoms with van der Waals surface area (Å²) in [5.41, 5.74) is 7.98. The van der Waals surface area contributed by atoms with Crippen LogP contribution in [0.3, 0.4) is 0 Å². The van der Waals surface area contributed by atoms with E-state index in [0.29, 0.717) is 41.5 Å². The van der Waals surface area contributed by atoms with E-state index in [0.717, 1.165) is 38.5 Å². The highest BCUT2D eigenvalue weighted by molar-refractivity contribution is 6.09. The molecule has 1 amide bonds. The minimum Gasteiger partial charge on any atom is -0.496 e. The van der Waals surface area contributed by atoms with Crippen LogP contribution in [0.5, 0.6) is 5.75 Å². The zero-order valence-corrected chi connectivity index (χ0v) is 33.5. The van der Waals surface area contributed by atoms with Gasteiger partial charge in [-0.2, -0.15) is 0 Å². The van der Waals surface area contributed by atoms with Crippen LogP contribution in [0.15, 0.2) is 55.1 Å². The fourth-order valence-corrected chi connectivity index (χ4v) is 5.86. The Balaban J connectivity index is 1.64. The topological polar surface area (TPSA) is 197 Å². The number of ketones is 1. The minimum atomic E-state index is -1.36. The van der Waals surface area contributed by atoms with Gasteiger partial charge < -0.3 is 35.4 Å². The maximum Gasteiger partial charge on any atom is 0.360 e. The number of aromatic nitrogens is 1.